The summed E-state index contributed by atoms with van der Waals surface area (Å²) in [5.41, 5.74) is 4.85. The van der Waals surface area contributed by atoms with Crippen LogP contribution in [-0.2, 0) is 17.6 Å². The minimum atomic E-state index is 0.203. The number of aromatic nitrogens is 2. The average molecular weight is 431 g/mol. The van der Waals surface area contributed by atoms with E-state index in [4.69, 9.17) is 16.3 Å². The quantitative estimate of drug-likeness (QED) is 0.569. The molecule has 0 aliphatic carbocycles. The van der Waals surface area contributed by atoms with Crippen molar-refractivity contribution in [2.75, 3.05) is 26.3 Å². The molecule has 2 atom stereocenters. The Morgan fingerprint density at radius 1 is 1.21 bits per heavy atom. The second-order valence-electron chi connectivity index (χ2n) is 7.50. The molecule has 3 N–H and O–H groups in total. The van der Waals surface area contributed by atoms with Crippen LogP contribution < -0.4 is 10.6 Å². The Balaban J connectivity index is 1.65. The number of aromatic amines is 1. The lowest BCUT2D eigenvalue weighted by molar-refractivity contribution is 0.138. The summed E-state index contributed by atoms with van der Waals surface area (Å²) in [4.78, 5) is 1.34. The SMILES string of the molecule is CC1CNCCOCCc2cc(Cl)sc2CC(c2cccc(-c3cn[nH]c3)c2)N1. The summed E-state index contributed by atoms with van der Waals surface area (Å²) in [6, 6.07) is 11.4. The number of halogens is 1. The van der Waals surface area contributed by atoms with Gasteiger partial charge in [-0.1, -0.05) is 29.8 Å². The Bertz CT molecular complexity index is 911. The molecule has 2 aromatic heterocycles. The van der Waals surface area contributed by atoms with Crippen LogP contribution in [0.2, 0.25) is 4.34 Å². The number of fused-ring (bicyclic) bond motifs is 1. The molecule has 0 fully saturated rings. The molecular formula is C22H27ClN4OS. The van der Waals surface area contributed by atoms with Gasteiger partial charge < -0.3 is 15.4 Å². The molecule has 3 heterocycles. The van der Waals surface area contributed by atoms with E-state index in [0.29, 0.717) is 6.04 Å². The van der Waals surface area contributed by atoms with Crippen LogP contribution in [0.4, 0.5) is 0 Å². The first kappa shape index (κ1) is 20.6. The van der Waals surface area contributed by atoms with Crippen LogP contribution in [0.5, 0.6) is 0 Å². The topological polar surface area (TPSA) is 62.0 Å². The Morgan fingerprint density at radius 3 is 3.00 bits per heavy atom. The lowest BCUT2D eigenvalue weighted by Gasteiger charge is -2.24. The maximum Gasteiger partial charge on any atom is 0.0934 e. The number of hydrogen-bond donors (Lipinski definition) is 3. The predicted octanol–water partition coefficient (Wildman–Crippen LogP) is 4.22. The zero-order chi connectivity index (χ0) is 20.1. The number of rotatable bonds is 2. The van der Waals surface area contributed by atoms with E-state index in [1.54, 1.807) is 11.3 Å². The van der Waals surface area contributed by atoms with E-state index in [1.165, 1.54) is 21.6 Å². The highest BCUT2D eigenvalue weighted by Crippen LogP contribution is 2.32. The smallest absolute Gasteiger partial charge is 0.0934 e. The fraction of sp³-hybridized carbons (Fsp3) is 0.409. The first-order valence-electron chi connectivity index (χ1n) is 10.1. The van der Waals surface area contributed by atoms with E-state index in [-0.39, 0.29) is 6.04 Å². The highest BCUT2D eigenvalue weighted by atomic mass is 35.5. The molecule has 1 aliphatic heterocycles. The molecule has 1 aromatic carbocycles. The second kappa shape index (κ2) is 9.87. The fourth-order valence-corrected chi connectivity index (χ4v) is 5.16. The molecule has 1 aliphatic rings. The largest absolute Gasteiger partial charge is 0.380 e. The van der Waals surface area contributed by atoms with Gasteiger partial charge in [-0.25, -0.2) is 0 Å². The van der Waals surface area contributed by atoms with Crippen LogP contribution in [0.25, 0.3) is 11.1 Å². The summed E-state index contributed by atoms with van der Waals surface area (Å²) in [6.45, 7) is 5.45. The molecule has 154 valence electrons. The summed E-state index contributed by atoms with van der Waals surface area (Å²) in [5, 5.41) is 14.3. The first-order valence-corrected chi connectivity index (χ1v) is 11.3. The van der Waals surface area contributed by atoms with E-state index in [2.05, 4.69) is 58.1 Å². The van der Waals surface area contributed by atoms with Crippen LogP contribution >= 0.6 is 22.9 Å². The van der Waals surface area contributed by atoms with Gasteiger partial charge in [0.2, 0.25) is 0 Å². The highest BCUT2D eigenvalue weighted by Gasteiger charge is 2.20. The third-order valence-electron chi connectivity index (χ3n) is 5.25. The van der Waals surface area contributed by atoms with E-state index in [0.717, 1.165) is 49.0 Å². The molecule has 2 unspecified atom stereocenters. The predicted molar refractivity (Wildman–Crippen MR) is 120 cm³/mol. The molecule has 0 saturated heterocycles. The van der Waals surface area contributed by atoms with Gasteiger partial charge in [0.15, 0.2) is 0 Å². The number of nitrogens with zero attached hydrogens (tertiary/aromatic N) is 1. The Labute approximate surface area is 180 Å². The van der Waals surface area contributed by atoms with E-state index >= 15 is 0 Å². The Morgan fingerprint density at radius 2 is 2.14 bits per heavy atom. The van der Waals surface area contributed by atoms with Crippen molar-refractivity contribution in [1.29, 1.82) is 0 Å². The van der Waals surface area contributed by atoms with Crippen molar-refractivity contribution in [3.8, 4) is 11.1 Å². The summed E-state index contributed by atoms with van der Waals surface area (Å²) in [7, 11) is 0. The third-order valence-corrected chi connectivity index (χ3v) is 6.58. The molecule has 0 radical (unpaired) electrons. The summed E-state index contributed by atoms with van der Waals surface area (Å²) in [6.07, 6.45) is 5.60. The van der Waals surface area contributed by atoms with Gasteiger partial charge >= 0.3 is 0 Å². The molecule has 0 spiro atoms. The number of ether oxygens (including phenoxy) is 1. The van der Waals surface area contributed by atoms with E-state index < -0.39 is 0 Å². The molecule has 0 bridgehead atoms. The number of nitrogens with one attached hydrogen (secondary N) is 3. The van der Waals surface area contributed by atoms with Gasteiger partial charge in [-0.2, -0.15) is 5.10 Å². The van der Waals surface area contributed by atoms with Gasteiger partial charge in [-0.3, -0.25) is 5.10 Å². The van der Waals surface area contributed by atoms with Gasteiger partial charge in [0, 0.05) is 48.2 Å². The molecule has 5 nitrogen and oxygen atoms in total. The highest BCUT2D eigenvalue weighted by molar-refractivity contribution is 7.16. The molecule has 7 heteroatoms. The lowest BCUT2D eigenvalue weighted by Crippen LogP contribution is -2.40. The maximum atomic E-state index is 6.38. The van der Waals surface area contributed by atoms with Gasteiger partial charge in [-0.05, 0) is 42.2 Å². The fourth-order valence-electron chi connectivity index (χ4n) is 3.77. The molecule has 0 amide bonds. The summed E-state index contributed by atoms with van der Waals surface area (Å²) >= 11 is 8.07. The van der Waals surface area contributed by atoms with E-state index in [9.17, 15) is 0 Å². The standard InChI is InChI=1S/C22H27ClN4OS/c1-15-12-24-6-8-28-7-5-18-10-22(23)29-21(18)11-20(27-15)17-4-2-3-16(9-17)19-13-25-26-14-19/h2-4,9-10,13-15,20,24,27H,5-8,11-12H2,1H3,(H,25,26). The van der Waals surface area contributed by atoms with Crippen LogP contribution in [0.3, 0.4) is 0 Å². The molecule has 0 saturated carbocycles. The van der Waals surface area contributed by atoms with Crippen molar-refractivity contribution in [3.05, 3.63) is 63.1 Å². The van der Waals surface area contributed by atoms with Gasteiger partial charge in [0.05, 0.1) is 23.7 Å². The monoisotopic (exact) mass is 430 g/mol. The van der Waals surface area contributed by atoms with Gasteiger partial charge in [0.25, 0.3) is 0 Å². The van der Waals surface area contributed by atoms with Crippen molar-refractivity contribution in [2.24, 2.45) is 0 Å². The normalized spacial score (nSPS) is 21.6. The zero-order valence-electron chi connectivity index (χ0n) is 16.6. The van der Waals surface area contributed by atoms with Crippen molar-refractivity contribution in [1.82, 2.24) is 20.8 Å². The van der Waals surface area contributed by atoms with Crippen LogP contribution in [0.15, 0.2) is 42.7 Å². The van der Waals surface area contributed by atoms with Crippen molar-refractivity contribution < 1.29 is 4.74 Å². The average Bonchev–Trinajstić information content (AvgIpc) is 3.36. The van der Waals surface area contributed by atoms with Crippen molar-refractivity contribution in [3.63, 3.8) is 0 Å². The number of thiophene rings is 1. The summed E-state index contributed by atoms with van der Waals surface area (Å²) in [5.74, 6) is 0. The van der Waals surface area contributed by atoms with Crippen LogP contribution in [0, 0.1) is 0 Å². The minimum absolute atomic E-state index is 0.203. The number of H-pyrrole nitrogens is 1. The Hall–Kier alpha value is -1.70. The lowest BCUT2D eigenvalue weighted by atomic mass is 9.96. The van der Waals surface area contributed by atoms with Gasteiger partial charge in [0.1, 0.15) is 0 Å². The molecule has 29 heavy (non-hydrogen) atoms. The first-order chi connectivity index (χ1) is 14.2. The molecule has 3 aromatic rings. The van der Waals surface area contributed by atoms with Crippen LogP contribution in [0.1, 0.15) is 29.0 Å². The minimum Gasteiger partial charge on any atom is -0.380 e. The van der Waals surface area contributed by atoms with Crippen LogP contribution in [-0.4, -0.2) is 42.5 Å². The maximum absolute atomic E-state index is 6.38. The number of hydrogen-bond acceptors (Lipinski definition) is 5. The Kier molecular flexibility index (Phi) is 7.00. The van der Waals surface area contributed by atoms with E-state index in [1.807, 2.05) is 12.4 Å². The zero-order valence-corrected chi connectivity index (χ0v) is 18.2. The number of benzene rings is 1. The summed E-state index contributed by atoms with van der Waals surface area (Å²) < 4.78 is 6.64. The third kappa shape index (κ3) is 5.47. The van der Waals surface area contributed by atoms with Gasteiger partial charge in [-0.15, -0.1) is 11.3 Å². The van der Waals surface area contributed by atoms with Crippen molar-refractivity contribution >= 4 is 22.9 Å². The van der Waals surface area contributed by atoms with Crippen molar-refractivity contribution in [2.45, 2.75) is 31.8 Å². The molecular weight excluding hydrogens is 404 g/mol. The molecule has 4 rings (SSSR count). The second-order valence-corrected chi connectivity index (χ2v) is 9.27.